The monoisotopic (exact) mass is 1380 g/mol. The minimum Gasteiger partial charge on any atom is -0.497 e. The number of fused-ring (bicyclic) bond motifs is 2. The summed E-state index contributed by atoms with van der Waals surface area (Å²) in [5.74, 6) is -1.28. The van der Waals surface area contributed by atoms with E-state index in [1.807, 2.05) is 27.7 Å². The zero-order valence-electron chi connectivity index (χ0n) is 58.2. The first-order chi connectivity index (χ1) is 49.5. The second-order valence-electron chi connectivity index (χ2n) is 27.7. The minimum absolute atomic E-state index is 0.00564. The van der Waals surface area contributed by atoms with Gasteiger partial charge in [-0.1, -0.05) is 52.0 Å². The molecule has 102 heavy (non-hydrogen) atoms. The van der Waals surface area contributed by atoms with Gasteiger partial charge in [-0.25, -0.2) is 0 Å². The van der Waals surface area contributed by atoms with Crippen LogP contribution in [0.5, 0.6) is 69.0 Å². The smallest absolute Gasteiger partial charge is 0.262 e. The van der Waals surface area contributed by atoms with Crippen LogP contribution in [0.2, 0.25) is 0 Å². The molecule has 6 aliphatic rings. The van der Waals surface area contributed by atoms with Crippen LogP contribution in [0.15, 0.2) is 121 Å². The highest BCUT2D eigenvalue weighted by Gasteiger charge is 2.48. The van der Waals surface area contributed by atoms with Crippen molar-refractivity contribution in [2.45, 2.75) is 103 Å². The van der Waals surface area contributed by atoms with Crippen molar-refractivity contribution in [3.8, 4) is 69.0 Å². The van der Waals surface area contributed by atoms with Crippen molar-refractivity contribution in [3.63, 3.8) is 0 Å². The van der Waals surface area contributed by atoms with Crippen LogP contribution >= 0.6 is 0 Å². The number of carbonyl (C=O) groups excluding carboxylic acids is 6. The van der Waals surface area contributed by atoms with Gasteiger partial charge in [0.2, 0.25) is 11.8 Å². The summed E-state index contributed by atoms with van der Waals surface area (Å²) in [6.45, 7) is 11.4. The largest absolute Gasteiger partial charge is 0.497 e. The number of nitrogens with zero attached hydrogens (tertiary/aromatic N) is 4. The van der Waals surface area contributed by atoms with Crippen LogP contribution in [-0.4, -0.2) is 173 Å². The van der Waals surface area contributed by atoms with Crippen LogP contribution in [0.25, 0.3) is 43.1 Å². The third-order valence-corrected chi connectivity index (χ3v) is 19.7. The molecule has 22 heteroatoms. The number of ether oxygens (including phenoxy) is 12. The molecule has 15 rings (SSSR count). The number of epoxide rings is 4. The van der Waals surface area contributed by atoms with Crippen LogP contribution in [0.4, 0.5) is 0 Å². The summed E-state index contributed by atoms with van der Waals surface area (Å²) in [5.41, 5.74) is 0.0226. The van der Waals surface area contributed by atoms with Crippen LogP contribution in [0.1, 0.15) is 108 Å². The lowest BCUT2D eigenvalue weighted by Gasteiger charge is -2.38. The van der Waals surface area contributed by atoms with E-state index in [1.165, 1.54) is 28.4 Å². The lowest BCUT2D eigenvalue weighted by atomic mass is 9.80. The topological polar surface area (TPSA) is 239 Å². The molecule has 9 aromatic rings. The van der Waals surface area contributed by atoms with Crippen molar-refractivity contribution < 1.29 is 85.6 Å². The van der Waals surface area contributed by atoms with Crippen LogP contribution in [0.3, 0.4) is 0 Å². The zero-order chi connectivity index (χ0) is 70.8. The Morgan fingerprint density at radius 2 is 0.608 bits per heavy atom. The van der Waals surface area contributed by atoms with Gasteiger partial charge >= 0.3 is 0 Å². The van der Waals surface area contributed by atoms with Crippen LogP contribution < -0.4 is 37.9 Å². The molecule has 6 unspecified atom stereocenters. The molecule has 6 heterocycles. The molecule has 6 amide bonds. The number of carbonyl (C=O) groups is 6. The molecule has 22 nitrogen and oxygen atoms in total. The van der Waals surface area contributed by atoms with Gasteiger partial charge in [-0.3, -0.25) is 38.6 Å². The van der Waals surface area contributed by atoms with Gasteiger partial charge in [0.25, 0.3) is 23.6 Å². The molecule has 0 bridgehead atoms. The second kappa shape index (κ2) is 27.9. The quantitative estimate of drug-likeness (QED) is 0.0165. The molecule has 528 valence electrons. The van der Waals surface area contributed by atoms with Gasteiger partial charge in [-0.2, -0.15) is 0 Å². The molecule has 9 aromatic carbocycles. The molecular formula is C80H80N4O18. The van der Waals surface area contributed by atoms with E-state index in [4.69, 9.17) is 56.8 Å². The van der Waals surface area contributed by atoms with Gasteiger partial charge in [0.05, 0.1) is 102 Å². The molecule has 6 atom stereocenters. The normalized spacial score (nSPS) is 18.5. The Bertz CT molecular complexity index is 4250. The summed E-state index contributed by atoms with van der Waals surface area (Å²) in [6, 6.07) is 31.4. The molecule has 6 aliphatic heterocycles. The fraction of sp³-hybridized carbons (Fsp3) is 0.375. The maximum atomic E-state index is 16.5. The van der Waals surface area contributed by atoms with E-state index in [-0.39, 0.29) is 160 Å². The Kier molecular flexibility index (Phi) is 18.5. The Labute approximate surface area is 589 Å². The molecule has 0 N–H and O–H groups in total. The van der Waals surface area contributed by atoms with E-state index < -0.39 is 47.5 Å². The van der Waals surface area contributed by atoms with Gasteiger partial charge < -0.3 is 66.6 Å². The molecule has 0 aromatic heterocycles. The van der Waals surface area contributed by atoms with Gasteiger partial charge in [0, 0.05) is 93.5 Å². The third-order valence-electron chi connectivity index (χ3n) is 19.7. The Morgan fingerprint density at radius 1 is 0.373 bits per heavy atom. The van der Waals surface area contributed by atoms with Gasteiger partial charge in [-0.05, 0) is 123 Å². The van der Waals surface area contributed by atoms with Crippen molar-refractivity contribution in [2.24, 2.45) is 11.8 Å². The summed E-state index contributed by atoms with van der Waals surface area (Å²) in [7, 11) is 6.11. The van der Waals surface area contributed by atoms with E-state index in [0.29, 0.717) is 101 Å². The van der Waals surface area contributed by atoms with Crippen molar-refractivity contribution in [1.29, 1.82) is 0 Å². The standard InChI is InChI=1S/C80H80N4O18/c1-43(2)29-61(79(89)81(25-21-53-39-95-53)26-22-54-40-96-54)83-75(85)57-35-63(99-49-17-9-13-45(31-49)91-5)69-71-65(101-51-19-11-15-47(33-51)93-7)37-59-68-60(78(88)84(77(59)87)62(30-44(3)4)80(90)82(27-23-55-41-97-55)28-24-56-42-98-56)38-66(102-52-20-12-16-48(34-52)94-8)72(74(68)71)70-64(36-58(76(83)86)67(57)73(69)70)100-50-18-10-14-46(32-50)92-6/h9-20,31-38,43-44,53-56,61-62H,21-30,39-42H2,1-8H3. The number of imide groups is 2. The highest BCUT2D eigenvalue weighted by molar-refractivity contribution is 6.45. The van der Waals surface area contributed by atoms with Crippen molar-refractivity contribution in [2.75, 3.05) is 81.0 Å². The van der Waals surface area contributed by atoms with E-state index in [2.05, 4.69) is 0 Å². The summed E-state index contributed by atoms with van der Waals surface area (Å²) in [4.78, 5) is 103. The number of benzene rings is 9. The van der Waals surface area contributed by atoms with Gasteiger partial charge in [0.15, 0.2) is 0 Å². The van der Waals surface area contributed by atoms with Gasteiger partial charge in [0.1, 0.15) is 81.1 Å². The summed E-state index contributed by atoms with van der Waals surface area (Å²) >= 11 is 0. The lowest BCUT2D eigenvalue weighted by molar-refractivity contribution is -0.137. The summed E-state index contributed by atoms with van der Waals surface area (Å²) in [5, 5.41) is 1.82. The summed E-state index contributed by atoms with van der Waals surface area (Å²) in [6.07, 6.45) is 2.41. The number of hydrogen-bond donors (Lipinski definition) is 0. The maximum absolute atomic E-state index is 16.5. The maximum Gasteiger partial charge on any atom is 0.262 e. The number of rotatable bonds is 32. The third kappa shape index (κ3) is 13.4. The fourth-order valence-electron chi connectivity index (χ4n) is 14.3. The highest BCUT2D eigenvalue weighted by atomic mass is 16.6. The van der Waals surface area contributed by atoms with Crippen molar-refractivity contribution >= 4 is 78.5 Å². The Hall–Kier alpha value is -10.3. The average Bonchev–Trinajstić information content (AvgIpc) is 0.892. The van der Waals surface area contributed by atoms with Crippen LogP contribution in [0, 0.1) is 11.8 Å². The minimum atomic E-state index is -1.29. The molecule has 4 saturated heterocycles. The van der Waals surface area contributed by atoms with Crippen molar-refractivity contribution in [3.05, 3.63) is 144 Å². The Morgan fingerprint density at radius 3 is 0.824 bits per heavy atom. The molecular weight excluding hydrogens is 1300 g/mol. The SMILES string of the molecule is COc1cccc(Oc2cc3c4c(cc(Oc5cccc(OC)c5)c5c6c(Oc7cccc(OC)c7)cc7c8c(cc(Oc9cccc(OC)c9)c(c2c45)c86)C(=O)N(C(CC(C)C)C(=O)N(CCC2CO2)CCC2CO2)C7=O)C(=O)N(C(CC(C)C)C(=O)N(CCC2CO2)CCC2CO2)C3=O)c1. The van der Waals surface area contributed by atoms with Gasteiger partial charge in [-0.15, -0.1) is 0 Å². The predicted molar refractivity (Wildman–Crippen MR) is 378 cm³/mol. The molecule has 0 aliphatic carbocycles. The lowest BCUT2D eigenvalue weighted by Crippen LogP contribution is -2.55. The van der Waals surface area contributed by atoms with E-state index >= 15 is 28.8 Å². The first-order valence-corrected chi connectivity index (χ1v) is 34.9. The average molecular weight is 1390 g/mol. The van der Waals surface area contributed by atoms with E-state index in [0.717, 1.165) is 9.80 Å². The number of hydrogen-bond acceptors (Lipinski definition) is 18. The molecule has 0 saturated carbocycles. The first kappa shape index (κ1) is 67.6. The van der Waals surface area contributed by atoms with Crippen LogP contribution in [-0.2, 0) is 28.5 Å². The fourth-order valence-corrected chi connectivity index (χ4v) is 14.3. The van der Waals surface area contributed by atoms with E-state index in [9.17, 15) is 0 Å². The Balaban J connectivity index is 1.06. The highest BCUT2D eigenvalue weighted by Crippen LogP contribution is 2.58. The number of methoxy groups -OCH3 is 4. The molecule has 0 radical (unpaired) electrons. The van der Waals surface area contributed by atoms with E-state index in [1.54, 1.807) is 131 Å². The van der Waals surface area contributed by atoms with Crippen molar-refractivity contribution in [1.82, 2.24) is 19.6 Å². The summed E-state index contributed by atoms with van der Waals surface area (Å²) < 4.78 is 74.6. The second-order valence-corrected chi connectivity index (χ2v) is 27.7. The zero-order valence-corrected chi connectivity index (χ0v) is 58.2. The number of amides is 6. The first-order valence-electron chi connectivity index (χ1n) is 34.9. The molecule has 0 spiro atoms. The molecule has 4 fully saturated rings. The predicted octanol–water partition coefficient (Wildman–Crippen LogP) is 13.8.